The molecule has 5 heteroatoms. The molecule has 0 spiro atoms. The molecule has 0 amide bonds. The first kappa shape index (κ1) is 13.1. The van der Waals surface area contributed by atoms with Crippen LogP contribution in [0.25, 0.3) is 0 Å². The number of hydrogen-bond acceptors (Lipinski definition) is 4. The maximum Gasteiger partial charge on any atom is 0.136 e. The summed E-state index contributed by atoms with van der Waals surface area (Å²) in [4.78, 5) is 4.28. The van der Waals surface area contributed by atoms with Gasteiger partial charge in [-0.25, -0.2) is 4.98 Å². The van der Waals surface area contributed by atoms with Crippen LogP contribution in [0.3, 0.4) is 0 Å². The summed E-state index contributed by atoms with van der Waals surface area (Å²) in [6, 6.07) is 7.67. The van der Waals surface area contributed by atoms with Gasteiger partial charge in [-0.05, 0) is 24.2 Å². The largest absolute Gasteiger partial charge is 0.495 e. The van der Waals surface area contributed by atoms with E-state index in [0.29, 0.717) is 24.4 Å². The number of methoxy groups -OCH3 is 1. The molecule has 1 heterocycles. The lowest BCUT2D eigenvalue weighted by Crippen LogP contribution is -2.03. The predicted molar refractivity (Wildman–Crippen MR) is 71.8 cm³/mol. The van der Waals surface area contributed by atoms with Gasteiger partial charge < -0.3 is 15.0 Å². The lowest BCUT2D eigenvalue weighted by Gasteiger charge is -2.07. The fourth-order valence-electron chi connectivity index (χ4n) is 1.91. The molecule has 0 unspecified atom stereocenters. The van der Waals surface area contributed by atoms with E-state index in [1.807, 2.05) is 22.9 Å². The van der Waals surface area contributed by atoms with E-state index in [9.17, 15) is 0 Å². The molecule has 2 aromatic rings. The van der Waals surface area contributed by atoms with Crippen molar-refractivity contribution in [3.63, 3.8) is 0 Å². The topological polar surface area (TPSA) is 76.9 Å². The van der Waals surface area contributed by atoms with Gasteiger partial charge in [0.1, 0.15) is 11.8 Å². The van der Waals surface area contributed by atoms with E-state index < -0.39 is 0 Å². The van der Waals surface area contributed by atoms with Crippen molar-refractivity contribution < 1.29 is 4.74 Å². The molecule has 0 saturated heterocycles. The summed E-state index contributed by atoms with van der Waals surface area (Å²) in [5.74, 6) is 0.599. The SMILES string of the molecule is COc1cc(Cn2cnc(CCN)c2)ccc1C#N. The molecule has 0 fully saturated rings. The Morgan fingerprint density at radius 1 is 1.47 bits per heavy atom. The van der Waals surface area contributed by atoms with E-state index in [2.05, 4.69) is 11.1 Å². The number of nitrogens with two attached hydrogens (primary N) is 1. The van der Waals surface area contributed by atoms with Crippen molar-refractivity contribution in [1.29, 1.82) is 5.26 Å². The van der Waals surface area contributed by atoms with Crippen LogP contribution in [-0.4, -0.2) is 23.2 Å². The number of ether oxygens (including phenoxy) is 1. The molecule has 1 aromatic heterocycles. The predicted octanol–water partition coefficient (Wildman–Crippen LogP) is 1.31. The third-order valence-electron chi connectivity index (χ3n) is 2.84. The van der Waals surface area contributed by atoms with Gasteiger partial charge >= 0.3 is 0 Å². The Kier molecular flexibility index (Phi) is 4.16. The Morgan fingerprint density at radius 3 is 3.00 bits per heavy atom. The van der Waals surface area contributed by atoms with Gasteiger partial charge in [-0.2, -0.15) is 5.26 Å². The molecule has 0 aliphatic carbocycles. The second-order valence-electron chi connectivity index (χ2n) is 4.22. The van der Waals surface area contributed by atoms with E-state index in [0.717, 1.165) is 17.7 Å². The Hall–Kier alpha value is -2.32. The van der Waals surface area contributed by atoms with Crippen molar-refractivity contribution in [2.45, 2.75) is 13.0 Å². The summed E-state index contributed by atoms with van der Waals surface area (Å²) in [7, 11) is 1.57. The standard InChI is InChI=1S/C14H16N4O/c1-19-14-6-11(2-3-12(14)7-16)8-18-9-13(4-5-15)17-10-18/h2-3,6,9-10H,4-5,8,15H2,1H3. The highest BCUT2D eigenvalue weighted by atomic mass is 16.5. The minimum absolute atomic E-state index is 0.542. The van der Waals surface area contributed by atoms with E-state index in [1.54, 1.807) is 19.5 Å². The van der Waals surface area contributed by atoms with Gasteiger partial charge in [0.15, 0.2) is 0 Å². The fraction of sp³-hybridized carbons (Fsp3) is 0.286. The third kappa shape index (κ3) is 3.12. The second-order valence-corrected chi connectivity index (χ2v) is 4.22. The number of hydrogen-bond donors (Lipinski definition) is 1. The van der Waals surface area contributed by atoms with Crippen LogP contribution in [0.1, 0.15) is 16.8 Å². The zero-order valence-electron chi connectivity index (χ0n) is 10.8. The van der Waals surface area contributed by atoms with Crippen LogP contribution in [0.2, 0.25) is 0 Å². The van der Waals surface area contributed by atoms with Crippen LogP contribution in [-0.2, 0) is 13.0 Å². The quantitative estimate of drug-likeness (QED) is 0.875. The van der Waals surface area contributed by atoms with E-state index >= 15 is 0 Å². The average Bonchev–Trinajstić information content (AvgIpc) is 2.86. The monoisotopic (exact) mass is 256 g/mol. The molecule has 0 aliphatic heterocycles. The summed E-state index contributed by atoms with van der Waals surface area (Å²) in [6.45, 7) is 1.29. The second kappa shape index (κ2) is 6.03. The summed E-state index contributed by atoms with van der Waals surface area (Å²) in [5.41, 5.74) is 8.09. The molecule has 1 aromatic carbocycles. The molecule has 19 heavy (non-hydrogen) atoms. The van der Waals surface area contributed by atoms with E-state index in [1.165, 1.54) is 0 Å². The van der Waals surface area contributed by atoms with Gasteiger partial charge in [0.25, 0.3) is 0 Å². The smallest absolute Gasteiger partial charge is 0.136 e. The zero-order chi connectivity index (χ0) is 13.7. The first-order chi connectivity index (χ1) is 9.26. The van der Waals surface area contributed by atoms with Gasteiger partial charge in [-0.1, -0.05) is 6.07 Å². The van der Waals surface area contributed by atoms with Gasteiger partial charge in [0.05, 0.1) is 24.7 Å². The maximum absolute atomic E-state index is 8.94. The van der Waals surface area contributed by atoms with Crippen LogP contribution in [0.4, 0.5) is 0 Å². The lowest BCUT2D eigenvalue weighted by molar-refractivity contribution is 0.413. The molecule has 98 valence electrons. The lowest BCUT2D eigenvalue weighted by atomic mass is 10.1. The average molecular weight is 256 g/mol. The van der Waals surface area contributed by atoms with Crippen molar-refractivity contribution in [3.05, 3.63) is 47.5 Å². The van der Waals surface area contributed by atoms with Crippen LogP contribution in [0.5, 0.6) is 5.75 Å². The summed E-state index contributed by atoms with van der Waals surface area (Å²) in [5, 5.41) is 8.94. The summed E-state index contributed by atoms with van der Waals surface area (Å²) in [6.07, 6.45) is 4.55. The number of imidazole rings is 1. The Morgan fingerprint density at radius 2 is 2.32 bits per heavy atom. The number of benzene rings is 1. The highest BCUT2D eigenvalue weighted by Crippen LogP contribution is 2.19. The van der Waals surface area contributed by atoms with Gasteiger partial charge in [0.2, 0.25) is 0 Å². The molecule has 0 bridgehead atoms. The van der Waals surface area contributed by atoms with Crippen LogP contribution in [0, 0.1) is 11.3 Å². The number of nitrogens with zero attached hydrogens (tertiary/aromatic N) is 3. The van der Waals surface area contributed by atoms with E-state index in [-0.39, 0.29) is 0 Å². The first-order valence-corrected chi connectivity index (χ1v) is 6.04. The summed E-state index contributed by atoms with van der Waals surface area (Å²) < 4.78 is 7.19. The Labute approximate surface area is 112 Å². The molecule has 0 saturated carbocycles. The van der Waals surface area contributed by atoms with Gasteiger partial charge in [-0.3, -0.25) is 0 Å². The minimum Gasteiger partial charge on any atom is -0.495 e. The number of aromatic nitrogens is 2. The highest BCUT2D eigenvalue weighted by Gasteiger charge is 2.05. The Balaban J connectivity index is 2.16. The number of rotatable bonds is 5. The van der Waals surface area contributed by atoms with Crippen molar-refractivity contribution in [1.82, 2.24) is 9.55 Å². The van der Waals surface area contributed by atoms with Crippen molar-refractivity contribution >= 4 is 0 Å². The zero-order valence-corrected chi connectivity index (χ0v) is 10.8. The van der Waals surface area contributed by atoms with Crippen molar-refractivity contribution in [3.8, 4) is 11.8 Å². The molecule has 0 atom stereocenters. The van der Waals surface area contributed by atoms with Crippen LogP contribution >= 0.6 is 0 Å². The molecule has 0 radical (unpaired) electrons. The van der Waals surface area contributed by atoms with Crippen molar-refractivity contribution in [2.75, 3.05) is 13.7 Å². The minimum atomic E-state index is 0.542. The van der Waals surface area contributed by atoms with Gasteiger partial charge in [0, 0.05) is 19.2 Å². The molecular formula is C14H16N4O. The fourth-order valence-corrected chi connectivity index (χ4v) is 1.91. The first-order valence-electron chi connectivity index (χ1n) is 6.04. The normalized spacial score (nSPS) is 10.2. The Bertz CT molecular complexity index is 598. The van der Waals surface area contributed by atoms with Gasteiger partial charge in [-0.15, -0.1) is 0 Å². The maximum atomic E-state index is 8.94. The number of nitriles is 1. The molecule has 5 nitrogen and oxygen atoms in total. The molecule has 0 aliphatic rings. The third-order valence-corrected chi connectivity index (χ3v) is 2.84. The van der Waals surface area contributed by atoms with Crippen LogP contribution in [0.15, 0.2) is 30.7 Å². The highest BCUT2D eigenvalue weighted by molar-refractivity contribution is 5.45. The molecule has 2 N–H and O–H groups in total. The van der Waals surface area contributed by atoms with Crippen molar-refractivity contribution in [2.24, 2.45) is 5.73 Å². The summed E-state index contributed by atoms with van der Waals surface area (Å²) >= 11 is 0. The molecular weight excluding hydrogens is 240 g/mol. The van der Waals surface area contributed by atoms with E-state index in [4.69, 9.17) is 15.7 Å². The van der Waals surface area contributed by atoms with Crippen LogP contribution < -0.4 is 10.5 Å². The molecule has 2 rings (SSSR count).